The summed E-state index contributed by atoms with van der Waals surface area (Å²) in [6.07, 6.45) is 1.62. The van der Waals surface area contributed by atoms with E-state index in [-0.39, 0.29) is 18.6 Å². The summed E-state index contributed by atoms with van der Waals surface area (Å²) in [7, 11) is 0. The minimum Gasteiger partial charge on any atom is -0.451 e. The number of hydrogen-bond donors (Lipinski definition) is 2. The van der Waals surface area contributed by atoms with Gasteiger partial charge in [0.15, 0.2) is 6.61 Å². The van der Waals surface area contributed by atoms with Gasteiger partial charge < -0.3 is 15.0 Å². The SMILES string of the molecule is CC(NC(=O)COC(=O)c1ccc[nH]1)c1ccccc1Br. The van der Waals surface area contributed by atoms with Gasteiger partial charge in [-0.15, -0.1) is 0 Å². The molecule has 1 amide bonds. The number of aromatic nitrogens is 1. The van der Waals surface area contributed by atoms with Gasteiger partial charge in [0.2, 0.25) is 0 Å². The number of esters is 1. The fourth-order valence-electron chi connectivity index (χ4n) is 1.85. The second-order valence-electron chi connectivity index (χ2n) is 4.47. The monoisotopic (exact) mass is 350 g/mol. The minimum atomic E-state index is -0.552. The smallest absolute Gasteiger partial charge is 0.355 e. The van der Waals surface area contributed by atoms with Crippen molar-refractivity contribution in [1.82, 2.24) is 10.3 Å². The molecular formula is C15H15BrN2O3. The molecule has 0 radical (unpaired) electrons. The van der Waals surface area contributed by atoms with Gasteiger partial charge in [-0.05, 0) is 30.7 Å². The van der Waals surface area contributed by atoms with E-state index in [4.69, 9.17) is 4.74 Å². The number of nitrogens with one attached hydrogen (secondary N) is 2. The summed E-state index contributed by atoms with van der Waals surface area (Å²) in [5, 5.41) is 2.78. The van der Waals surface area contributed by atoms with Crippen molar-refractivity contribution in [2.24, 2.45) is 0 Å². The van der Waals surface area contributed by atoms with Gasteiger partial charge in [0.25, 0.3) is 5.91 Å². The number of halogens is 1. The van der Waals surface area contributed by atoms with Crippen molar-refractivity contribution in [1.29, 1.82) is 0 Å². The Morgan fingerprint density at radius 2 is 2.05 bits per heavy atom. The Morgan fingerprint density at radius 3 is 2.71 bits per heavy atom. The highest BCUT2D eigenvalue weighted by Crippen LogP contribution is 2.22. The van der Waals surface area contributed by atoms with Crippen molar-refractivity contribution in [2.45, 2.75) is 13.0 Å². The Morgan fingerprint density at radius 1 is 1.29 bits per heavy atom. The summed E-state index contributed by atoms with van der Waals surface area (Å²) in [6.45, 7) is 1.55. The third-order valence-corrected chi connectivity index (χ3v) is 3.62. The van der Waals surface area contributed by atoms with E-state index in [0.29, 0.717) is 5.69 Å². The maximum atomic E-state index is 11.8. The van der Waals surface area contributed by atoms with Crippen LogP contribution in [0.3, 0.4) is 0 Å². The van der Waals surface area contributed by atoms with Gasteiger partial charge in [0.05, 0.1) is 6.04 Å². The Hall–Kier alpha value is -2.08. The molecule has 2 aromatic rings. The van der Waals surface area contributed by atoms with Crippen molar-refractivity contribution in [3.8, 4) is 0 Å². The van der Waals surface area contributed by atoms with Crippen LogP contribution in [0.5, 0.6) is 0 Å². The van der Waals surface area contributed by atoms with E-state index in [2.05, 4.69) is 26.2 Å². The Kier molecular flexibility index (Phi) is 5.16. The second kappa shape index (κ2) is 7.08. The zero-order chi connectivity index (χ0) is 15.2. The summed E-state index contributed by atoms with van der Waals surface area (Å²) < 4.78 is 5.84. The maximum absolute atomic E-state index is 11.8. The van der Waals surface area contributed by atoms with Crippen LogP contribution in [0.25, 0.3) is 0 Å². The first kappa shape index (κ1) is 15.3. The summed E-state index contributed by atoms with van der Waals surface area (Å²) in [6, 6.07) is 10.7. The van der Waals surface area contributed by atoms with Crippen molar-refractivity contribution in [3.05, 3.63) is 58.3 Å². The summed E-state index contributed by atoms with van der Waals surface area (Å²) >= 11 is 3.43. The molecule has 1 aromatic heterocycles. The highest BCUT2D eigenvalue weighted by molar-refractivity contribution is 9.10. The lowest BCUT2D eigenvalue weighted by atomic mass is 10.1. The summed E-state index contributed by atoms with van der Waals surface area (Å²) in [5.41, 5.74) is 1.28. The molecule has 21 heavy (non-hydrogen) atoms. The first-order valence-electron chi connectivity index (χ1n) is 6.42. The molecule has 2 rings (SSSR count). The zero-order valence-corrected chi connectivity index (χ0v) is 13.0. The van der Waals surface area contributed by atoms with Crippen LogP contribution in [-0.4, -0.2) is 23.5 Å². The number of amides is 1. The molecule has 6 heteroatoms. The lowest BCUT2D eigenvalue weighted by Crippen LogP contribution is -2.31. The molecule has 1 heterocycles. The topological polar surface area (TPSA) is 71.2 Å². The van der Waals surface area contributed by atoms with Crippen molar-refractivity contribution < 1.29 is 14.3 Å². The molecule has 0 fully saturated rings. The fourth-order valence-corrected chi connectivity index (χ4v) is 2.48. The first-order chi connectivity index (χ1) is 10.1. The number of benzene rings is 1. The van der Waals surface area contributed by atoms with Gasteiger partial charge in [-0.25, -0.2) is 4.79 Å². The lowest BCUT2D eigenvalue weighted by molar-refractivity contribution is -0.124. The predicted octanol–water partition coefficient (Wildman–Crippen LogP) is 2.81. The molecule has 110 valence electrons. The van der Waals surface area contributed by atoms with Crippen LogP contribution in [-0.2, 0) is 9.53 Å². The van der Waals surface area contributed by atoms with Crippen molar-refractivity contribution in [2.75, 3.05) is 6.61 Å². The maximum Gasteiger partial charge on any atom is 0.355 e. The number of hydrogen-bond acceptors (Lipinski definition) is 3. The van der Waals surface area contributed by atoms with E-state index in [0.717, 1.165) is 10.0 Å². The van der Waals surface area contributed by atoms with E-state index < -0.39 is 5.97 Å². The molecule has 1 aromatic carbocycles. The van der Waals surface area contributed by atoms with Gasteiger partial charge in [0, 0.05) is 10.7 Å². The number of H-pyrrole nitrogens is 1. The predicted molar refractivity (Wildman–Crippen MR) is 81.8 cm³/mol. The van der Waals surface area contributed by atoms with Crippen LogP contribution in [0.2, 0.25) is 0 Å². The number of rotatable bonds is 5. The van der Waals surface area contributed by atoms with Crippen molar-refractivity contribution >= 4 is 27.8 Å². The number of aromatic amines is 1. The second-order valence-corrected chi connectivity index (χ2v) is 5.32. The molecule has 0 aliphatic rings. The molecule has 0 aliphatic carbocycles. The van der Waals surface area contributed by atoms with Gasteiger partial charge in [-0.3, -0.25) is 4.79 Å². The minimum absolute atomic E-state index is 0.183. The molecule has 5 nitrogen and oxygen atoms in total. The largest absolute Gasteiger partial charge is 0.451 e. The number of ether oxygens (including phenoxy) is 1. The molecular weight excluding hydrogens is 336 g/mol. The quantitative estimate of drug-likeness (QED) is 0.814. The van der Waals surface area contributed by atoms with Gasteiger partial charge in [-0.2, -0.15) is 0 Å². The third kappa shape index (κ3) is 4.19. The van der Waals surface area contributed by atoms with Gasteiger partial charge in [0.1, 0.15) is 5.69 Å². The Bertz CT molecular complexity index is 626. The lowest BCUT2D eigenvalue weighted by Gasteiger charge is -2.15. The third-order valence-electron chi connectivity index (χ3n) is 2.90. The normalized spacial score (nSPS) is 11.7. The van der Waals surface area contributed by atoms with E-state index in [1.807, 2.05) is 31.2 Å². The summed E-state index contributed by atoms with van der Waals surface area (Å²) in [4.78, 5) is 26.1. The van der Waals surface area contributed by atoms with Gasteiger partial charge in [-0.1, -0.05) is 34.1 Å². The number of carbonyl (C=O) groups is 2. The first-order valence-corrected chi connectivity index (χ1v) is 7.21. The van der Waals surface area contributed by atoms with E-state index in [1.165, 1.54) is 0 Å². The molecule has 0 aliphatic heterocycles. The Labute approximate surface area is 130 Å². The highest BCUT2D eigenvalue weighted by Gasteiger charge is 2.14. The summed E-state index contributed by atoms with van der Waals surface area (Å²) in [5.74, 6) is -0.901. The average molecular weight is 351 g/mol. The molecule has 0 saturated heterocycles. The van der Waals surface area contributed by atoms with Crippen LogP contribution in [0.15, 0.2) is 47.1 Å². The Balaban J connectivity index is 1.85. The number of carbonyl (C=O) groups excluding carboxylic acids is 2. The average Bonchev–Trinajstić information content (AvgIpc) is 2.99. The standard InChI is InChI=1S/C15H15BrN2O3/c1-10(11-5-2-3-6-12(11)16)18-14(19)9-21-15(20)13-7-4-8-17-13/h2-8,10,17H,9H2,1H3,(H,18,19). The van der Waals surface area contributed by atoms with Crippen LogP contribution < -0.4 is 5.32 Å². The van der Waals surface area contributed by atoms with E-state index in [9.17, 15) is 9.59 Å². The molecule has 1 unspecified atom stereocenters. The van der Waals surface area contributed by atoms with E-state index in [1.54, 1.807) is 18.3 Å². The van der Waals surface area contributed by atoms with Crippen LogP contribution in [0, 0.1) is 0 Å². The van der Waals surface area contributed by atoms with Crippen LogP contribution in [0.4, 0.5) is 0 Å². The molecule has 0 saturated carbocycles. The van der Waals surface area contributed by atoms with E-state index >= 15 is 0 Å². The molecule has 0 bridgehead atoms. The van der Waals surface area contributed by atoms with Gasteiger partial charge >= 0.3 is 5.97 Å². The van der Waals surface area contributed by atoms with Crippen LogP contribution >= 0.6 is 15.9 Å². The molecule has 0 spiro atoms. The van der Waals surface area contributed by atoms with Crippen molar-refractivity contribution in [3.63, 3.8) is 0 Å². The zero-order valence-electron chi connectivity index (χ0n) is 11.4. The highest BCUT2D eigenvalue weighted by atomic mass is 79.9. The molecule has 2 N–H and O–H groups in total. The van der Waals surface area contributed by atoms with Crippen LogP contribution in [0.1, 0.15) is 29.0 Å². The fraction of sp³-hybridized carbons (Fsp3) is 0.200. The molecule has 1 atom stereocenters.